The van der Waals surface area contributed by atoms with E-state index in [1.54, 1.807) is 6.92 Å². The molecule has 18 heavy (non-hydrogen) atoms. The van der Waals surface area contributed by atoms with Crippen LogP contribution >= 0.6 is 22.6 Å². The smallest absolute Gasteiger partial charge is 0.321 e. The zero-order valence-corrected chi connectivity index (χ0v) is 13.2. The van der Waals surface area contributed by atoms with Gasteiger partial charge in [-0.1, -0.05) is 29.5 Å². The molecule has 6 heteroatoms. The zero-order chi connectivity index (χ0) is 13.8. The van der Waals surface area contributed by atoms with E-state index in [0.717, 1.165) is 6.54 Å². The molecule has 0 amide bonds. The van der Waals surface area contributed by atoms with Crippen LogP contribution in [-0.2, 0) is 19.1 Å². The molecule has 0 aromatic heterocycles. The largest absolute Gasteiger partial charge is 0.465 e. The van der Waals surface area contributed by atoms with Gasteiger partial charge in [-0.25, -0.2) is 0 Å². The fourth-order valence-corrected chi connectivity index (χ4v) is 2.22. The maximum atomic E-state index is 12.0. The molecular weight excluding hydrogens is 349 g/mol. The van der Waals surface area contributed by atoms with Gasteiger partial charge in [-0.2, -0.15) is 0 Å². The Morgan fingerprint density at radius 1 is 1.67 bits per heavy atom. The average Bonchev–Trinajstić information content (AvgIpc) is 2.27. The van der Waals surface area contributed by atoms with Crippen LogP contribution in [0.5, 0.6) is 0 Å². The van der Waals surface area contributed by atoms with Crippen molar-refractivity contribution in [3.63, 3.8) is 0 Å². The first kappa shape index (κ1) is 15.7. The number of halogens is 1. The number of carbonyl (C=O) groups excluding carboxylic acids is 2. The van der Waals surface area contributed by atoms with Crippen LogP contribution in [0.1, 0.15) is 33.6 Å². The predicted octanol–water partition coefficient (Wildman–Crippen LogP) is 1.43. The highest BCUT2D eigenvalue weighted by Crippen LogP contribution is 2.27. The highest BCUT2D eigenvalue weighted by molar-refractivity contribution is 14.1. The number of rotatable bonds is 5. The van der Waals surface area contributed by atoms with E-state index in [1.165, 1.54) is 0 Å². The first-order valence-corrected chi connectivity index (χ1v) is 7.38. The summed E-state index contributed by atoms with van der Waals surface area (Å²) < 4.78 is 10.1. The summed E-state index contributed by atoms with van der Waals surface area (Å²) in [6.07, 6.45) is 0.696. The second-order valence-electron chi connectivity index (χ2n) is 4.77. The molecule has 0 aromatic rings. The van der Waals surface area contributed by atoms with Gasteiger partial charge in [-0.15, -0.1) is 0 Å². The van der Waals surface area contributed by atoms with Gasteiger partial charge in [0.15, 0.2) is 0 Å². The van der Waals surface area contributed by atoms with Gasteiger partial charge >= 0.3 is 11.9 Å². The molecular formula is C12H20INO4. The minimum atomic E-state index is -0.720. The maximum absolute atomic E-state index is 12.0. The van der Waals surface area contributed by atoms with Crippen molar-refractivity contribution >= 4 is 34.5 Å². The van der Waals surface area contributed by atoms with E-state index < -0.39 is 5.60 Å². The Morgan fingerprint density at radius 2 is 2.33 bits per heavy atom. The van der Waals surface area contributed by atoms with Crippen LogP contribution in [0.3, 0.4) is 0 Å². The molecule has 0 aliphatic carbocycles. The highest BCUT2D eigenvalue weighted by Gasteiger charge is 2.38. The lowest BCUT2D eigenvalue weighted by Crippen LogP contribution is -2.45. The summed E-state index contributed by atoms with van der Waals surface area (Å²) >= 11 is 2.07. The third-order valence-electron chi connectivity index (χ3n) is 2.95. The molecule has 0 radical (unpaired) electrons. The normalized spacial score (nSPS) is 27.2. The number of esters is 2. The topological polar surface area (TPSA) is 64.6 Å². The summed E-state index contributed by atoms with van der Waals surface area (Å²) in [6.45, 7) is 6.84. The molecule has 1 saturated heterocycles. The molecule has 1 heterocycles. The quantitative estimate of drug-likeness (QED) is 0.451. The summed E-state index contributed by atoms with van der Waals surface area (Å²) in [5.74, 6) is -0.581. The molecule has 0 spiro atoms. The lowest BCUT2D eigenvalue weighted by atomic mass is 9.96. The van der Waals surface area contributed by atoms with Crippen molar-refractivity contribution in [1.82, 2.24) is 5.32 Å². The van der Waals surface area contributed by atoms with Crippen LogP contribution in [0.4, 0.5) is 0 Å². The Balaban J connectivity index is 2.55. The average molecular weight is 369 g/mol. The van der Waals surface area contributed by atoms with Crippen LogP contribution in [0, 0.1) is 0 Å². The lowest BCUT2D eigenvalue weighted by molar-refractivity contribution is -0.174. The molecule has 104 valence electrons. The number of nitrogens with one attached hydrogen (secondary N) is 1. The summed E-state index contributed by atoms with van der Waals surface area (Å²) in [5.41, 5.74) is -0.720. The Kier molecular flexibility index (Phi) is 5.84. The lowest BCUT2D eigenvalue weighted by Gasteiger charge is -2.33. The molecule has 3 unspecified atom stereocenters. The van der Waals surface area contributed by atoms with Gasteiger partial charge in [-0.3, -0.25) is 9.59 Å². The van der Waals surface area contributed by atoms with E-state index in [2.05, 4.69) is 27.9 Å². The summed E-state index contributed by atoms with van der Waals surface area (Å²) in [6, 6.07) is 0.0437. The van der Waals surface area contributed by atoms with Gasteiger partial charge in [0, 0.05) is 12.5 Å². The van der Waals surface area contributed by atoms with Crippen molar-refractivity contribution in [2.75, 3.05) is 13.2 Å². The van der Waals surface area contributed by atoms with Crippen molar-refractivity contribution in [3.8, 4) is 0 Å². The highest BCUT2D eigenvalue weighted by atomic mass is 127. The summed E-state index contributed by atoms with van der Waals surface area (Å²) in [7, 11) is 0. The minimum absolute atomic E-state index is 0.0437. The van der Waals surface area contributed by atoms with Crippen LogP contribution in [0.15, 0.2) is 0 Å². The molecule has 0 saturated carbocycles. The Morgan fingerprint density at radius 3 is 2.89 bits per heavy atom. The standard InChI is InChI=1S/C12H20INO4/c1-4-14-8(2)10(13)11(16)18-12(3)5-6-17-9(15)7-12/h8,10,14H,4-7H2,1-3H3. The second kappa shape index (κ2) is 6.70. The van der Waals surface area contributed by atoms with Crippen LogP contribution in [0.25, 0.3) is 0 Å². The van der Waals surface area contributed by atoms with Crippen LogP contribution < -0.4 is 5.32 Å². The zero-order valence-electron chi connectivity index (χ0n) is 11.0. The van der Waals surface area contributed by atoms with Gasteiger partial charge in [0.2, 0.25) is 0 Å². The monoisotopic (exact) mass is 369 g/mol. The molecule has 1 fully saturated rings. The number of hydrogen-bond acceptors (Lipinski definition) is 5. The summed E-state index contributed by atoms with van der Waals surface area (Å²) in [5, 5.41) is 3.18. The number of ether oxygens (including phenoxy) is 2. The molecule has 0 aromatic carbocycles. The van der Waals surface area contributed by atoms with E-state index in [1.807, 2.05) is 13.8 Å². The third-order valence-corrected chi connectivity index (χ3v) is 4.54. The van der Waals surface area contributed by atoms with E-state index in [4.69, 9.17) is 9.47 Å². The number of carbonyl (C=O) groups is 2. The van der Waals surface area contributed by atoms with E-state index in [-0.39, 0.29) is 28.3 Å². The first-order valence-electron chi connectivity index (χ1n) is 6.14. The van der Waals surface area contributed by atoms with Crippen molar-refractivity contribution in [2.24, 2.45) is 0 Å². The molecule has 1 aliphatic rings. The van der Waals surface area contributed by atoms with Crippen molar-refractivity contribution in [1.29, 1.82) is 0 Å². The van der Waals surface area contributed by atoms with Crippen molar-refractivity contribution in [3.05, 3.63) is 0 Å². The van der Waals surface area contributed by atoms with Crippen LogP contribution in [0.2, 0.25) is 0 Å². The van der Waals surface area contributed by atoms with Gasteiger partial charge in [-0.05, 0) is 20.4 Å². The first-order chi connectivity index (χ1) is 8.38. The van der Waals surface area contributed by atoms with Crippen molar-refractivity contribution in [2.45, 2.75) is 49.2 Å². The maximum Gasteiger partial charge on any atom is 0.321 e. The molecule has 3 atom stereocenters. The van der Waals surface area contributed by atoms with E-state index in [0.29, 0.717) is 13.0 Å². The fourth-order valence-electron chi connectivity index (χ4n) is 1.84. The van der Waals surface area contributed by atoms with E-state index >= 15 is 0 Å². The van der Waals surface area contributed by atoms with E-state index in [9.17, 15) is 9.59 Å². The third kappa shape index (κ3) is 4.38. The van der Waals surface area contributed by atoms with Crippen LogP contribution in [-0.4, -0.2) is 40.7 Å². The molecule has 5 nitrogen and oxygen atoms in total. The number of cyclic esters (lactones) is 1. The molecule has 1 N–H and O–H groups in total. The Bertz CT molecular complexity index is 323. The Labute approximate surface area is 121 Å². The molecule has 0 bridgehead atoms. The Hall–Kier alpha value is -0.370. The fraction of sp³-hybridized carbons (Fsp3) is 0.833. The molecule has 1 rings (SSSR count). The predicted molar refractivity (Wildman–Crippen MR) is 75.6 cm³/mol. The van der Waals surface area contributed by atoms with Gasteiger partial charge < -0.3 is 14.8 Å². The summed E-state index contributed by atoms with van der Waals surface area (Å²) in [4.78, 5) is 23.3. The minimum Gasteiger partial charge on any atom is -0.465 e. The van der Waals surface area contributed by atoms with Gasteiger partial charge in [0.25, 0.3) is 0 Å². The van der Waals surface area contributed by atoms with Gasteiger partial charge in [0.05, 0.1) is 13.0 Å². The van der Waals surface area contributed by atoms with Crippen molar-refractivity contribution < 1.29 is 19.1 Å². The SMILES string of the molecule is CCNC(C)C(I)C(=O)OC1(C)CCOC(=O)C1. The number of alkyl halides is 1. The van der Waals surface area contributed by atoms with Gasteiger partial charge in [0.1, 0.15) is 9.53 Å². The molecule has 1 aliphatic heterocycles. The second-order valence-corrected chi connectivity index (χ2v) is 6.11. The number of hydrogen-bond donors (Lipinski definition) is 1.